The summed E-state index contributed by atoms with van der Waals surface area (Å²) in [4.78, 5) is 0. The molecule has 0 bridgehead atoms. The number of rotatable bonds is 7. The molecule has 1 atom stereocenters. The molecule has 94 valence electrons. The topological polar surface area (TPSA) is 45.0 Å². The van der Waals surface area contributed by atoms with Gasteiger partial charge in [-0.2, -0.15) is 18.4 Å². The number of nitriles is 1. The second kappa shape index (κ2) is 6.71. The molecule has 16 heavy (non-hydrogen) atoms. The van der Waals surface area contributed by atoms with E-state index in [9.17, 15) is 13.2 Å². The molecular formula is C10H17F3N2O. The van der Waals surface area contributed by atoms with Crippen LogP contribution in [0.25, 0.3) is 0 Å². The Balaban J connectivity index is 3.52. The van der Waals surface area contributed by atoms with Gasteiger partial charge in [0.25, 0.3) is 0 Å². The highest BCUT2D eigenvalue weighted by Gasteiger charge is 2.26. The number of nitrogens with zero attached hydrogens (tertiary/aromatic N) is 1. The van der Waals surface area contributed by atoms with E-state index in [1.54, 1.807) is 14.0 Å². The minimum atomic E-state index is -4.12. The van der Waals surface area contributed by atoms with Gasteiger partial charge in [0.15, 0.2) is 0 Å². The van der Waals surface area contributed by atoms with Crippen LogP contribution in [0.1, 0.15) is 26.2 Å². The van der Waals surface area contributed by atoms with Gasteiger partial charge in [0.2, 0.25) is 0 Å². The third kappa shape index (κ3) is 7.49. The lowest BCUT2D eigenvalue weighted by molar-refractivity contribution is -0.137. The largest absolute Gasteiger partial charge is 0.389 e. The quantitative estimate of drug-likeness (QED) is 0.692. The lowest BCUT2D eigenvalue weighted by Crippen LogP contribution is -2.39. The average Bonchev–Trinajstić information content (AvgIpc) is 2.21. The van der Waals surface area contributed by atoms with Crippen LogP contribution < -0.4 is 5.32 Å². The molecule has 1 unspecified atom stereocenters. The van der Waals surface area contributed by atoms with Gasteiger partial charge in [-0.15, -0.1) is 0 Å². The summed E-state index contributed by atoms with van der Waals surface area (Å²) in [5, 5.41) is 11.6. The van der Waals surface area contributed by atoms with E-state index in [0.717, 1.165) is 0 Å². The Labute approximate surface area is 93.6 Å². The third-order valence-corrected chi connectivity index (χ3v) is 2.29. The van der Waals surface area contributed by atoms with E-state index in [0.29, 0.717) is 6.42 Å². The van der Waals surface area contributed by atoms with E-state index in [4.69, 9.17) is 10.00 Å². The van der Waals surface area contributed by atoms with Crippen molar-refractivity contribution in [1.82, 2.24) is 5.32 Å². The van der Waals surface area contributed by atoms with Crippen molar-refractivity contribution in [1.29, 1.82) is 5.26 Å². The van der Waals surface area contributed by atoms with Crippen molar-refractivity contribution in [2.24, 2.45) is 0 Å². The van der Waals surface area contributed by atoms with Crippen molar-refractivity contribution in [2.75, 3.05) is 20.3 Å². The van der Waals surface area contributed by atoms with E-state index >= 15 is 0 Å². The minimum absolute atomic E-state index is 0.0354. The smallest absolute Gasteiger partial charge is 0.381 e. The fraction of sp³-hybridized carbons (Fsp3) is 0.900. The molecule has 0 spiro atoms. The molecule has 0 saturated heterocycles. The van der Waals surface area contributed by atoms with Crippen LogP contribution in [0, 0.1) is 11.3 Å². The number of nitrogens with one attached hydrogen (secondary N) is 1. The Morgan fingerprint density at radius 3 is 2.31 bits per heavy atom. The minimum Gasteiger partial charge on any atom is -0.381 e. The summed E-state index contributed by atoms with van der Waals surface area (Å²) in [6, 6.07) is 2.07. The van der Waals surface area contributed by atoms with E-state index in [1.165, 1.54) is 0 Å². The number of alkyl halides is 3. The summed E-state index contributed by atoms with van der Waals surface area (Å²) in [5.41, 5.74) is -0.677. The fourth-order valence-corrected chi connectivity index (χ4v) is 0.990. The molecule has 0 aliphatic carbocycles. The summed E-state index contributed by atoms with van der Waals surface area (Å²) < 4.78 is 40.3. The lowest BCUT2D eigenvalue weighted by Gasteiger charge is -2.20. The third-order valence-electron chi connectivity index (χ3n) is 2.29. The summed E-state index contributed by atoms with van der Waals surface area (Å²) in [6.07, 6.45) is -4.53. The number of hydrogen-bond acceptors (Lipinski definition) is 3. The van der Waals surface area contributed by atoms with Crippen molar-refractivity contribution in [2.45, 2.75) is 37.9 Å². The Morgan fingerprint density at radius 2 is 1.88 bits per heavy atom. The van der Waals surface area contributed by atoms with E-state index in [2.05, 4.69) is 11.4 Å². The zero-order chi connectivity index (χ0) is 12.7. The second-order valence-electron chi connectivity index (χ2n) is 3.78. The number of hydrogen-bond donors (Lipinski definition) is 1. The molecule has 0 amide bonds. The summed E-state index contributed by atoms with van der Waals surface area (Å²) in [5.74, 6) is 0. The van der Waals surface area contributed by atoms with Gasteiger partial charge in [-0.05, 0) is 20.4 Å². The predicted octanol–water partition coefficient (Wildman–Crippen LogP) is 2.24. The van der Waals surface area contributed by atoms with Crippen LogP contribution in [-0.4, -0.2) is 32.0 Å². The van der Waals surface area contributed by atoms with Crippen molar-refractivity contribution in [3.05, 3.63) is 0 Å². The maximum Gasteiger partial charge on any atom is 0.389 e. The molecule has 3 nitrogen and oxygen atoms in total. The maximum absolute atomic E-state index is 11.8. The molecule has 0 heterocycles. The zero-order valence-electron chi connectivity index (χ0n) is 9.52. The predicted molar refractivity (Wildman–Crippen MR) is 53.8 cm³/mol. The molecular weight excluding hydrogens is 221 g/mol. The summed E-state index contributed by atoms with van der Waals surface area (Å²) in [6.45, 7) is 2.07. The number of halogens is 3. The van der Waals surface area contributed by atoms with Crippen LogP contribution in [0.15, 0.2) is 0 Å². The van der Waals surface area contributed by atoms with E-state index in [1.807, 2.05) is 0 Å². The van der Waals surface area contributed by atoms with Gasteiger partial charge in [0, 0.05) is 26.1 Å². The molecule has 0 saturated carbocycles. The molecule has 0 aliphatic rings. The molecule has 0 aromatic heterocycles. The van der Waals surface area contributed by atoms with E-state index < -0.39 is 18.1 Å². The van der Waals surface area contributed by atoms with Gasteiger partial charge >= 0.3 is 6.18 Å². The molecule has 0 rings (SSSR count). The Morgan fingerprint density at radius 1 is 1.25 bits per heavy atom. The maximum atomic E-state index is 11.8. The van der Waals surface area contributed by atoms with Crippen LogP contribution in [-0.2, 0) is 4.74 Å². The monoisotopic (exact) mass is 238 g/mol. The molecule has 6 heteroatoms. The van der Waals surface area contributed by atoms with Gasteiger partial charge in [-0.1, -0.05) is 0 Å². The Bertz CT molecular complexity index is 237. The Hall–Kier alpha value is -0.800. The highest BCUT2D eigenvalue weighted by molar-refractivity contribution is 5.02. The first kappa shape index (κ1) is 15.2. The van der Waals surface area contributed by atoms with Crippen molar-refractivity contribution in [3.63, 3.8) is 0 Å². The molecule has 0 fully saturated rings. The first-order valence-electron chi connectivity index (χ1n) is 5.08. The highest BCUT2D eigenvalue weighted by Crippen LogP contribution is 2.21. The molecule has 0 aromatic carbocycles. The van der Waals surface area contributed by atoms with E-state index in [-0.39, 0.29) is 19.6 Å². The lowest BCUT2D eigenvalue weighted by atomic mass is 10.0. The fourth-order valence-electron chi connectivity index (χ4n) is 0.990. The van der Waals surface area contributed by atoms with Crippen LogP contribution in [0.4, 0.5) is 13.2 Å². The first-order chi connectivity index (χ1) is 7.33. The molecule has 1 N–H and O–H groups in total. The SMILES string of the molecule is CNC(C)(C#N)CCOCCCC(F)(F)F. The molecule has 0 radical (unpaired) electrons. The highest BCUT2D eigenvalue weighted by atomic mass is 19.4. The van der Waals surface area contributed by atoms with Crippen LogP contribution in [0.2, 0.25) is 0 Å². The van der Waals surface area contributed by atoms with Crippen molar-refractivity contribution < 1.29 is 17.9 Å². The van der Waals surface area contributed by atoms with Crippen LogP contribution >= 0.6 is 0 Å². The van der Waals surface area contributed by atoms with Crippen molar-refractivity contribution in [3.8, 4) is 6.07 Å². The summed E-state index contributed by atoms with van der Waals surface area (Å²) >= 11 is 0. The van der Waals surface area contributed by atoms with Crippen molar-refractivity contribution >= 4 is 0 Å². The van der Waals surface area contributed by atoms with Gasteiger partial charge in [0.05, 0.1) is 6.07 Å². The van der Waals surface area contributed by atoms with Gasteiger partial charge in [0.1, 0.15) is 5.54 Å². The zero-order valence-corrected chi connectivity index (χ0v) is 9.52. The number of ether oxygens (including phenoxy) is 1. The standard InChI is InChI=1S/C10H17F3N2O/c1-9(8-14,15-2)5-7-16-6-3-4-10(11,12)13/h15H,3-7H2,1-2H3. The molecule has 0 aromatic rings. The van der Waals surface area contributed by atoms with Crippen LogP contribution in [0.3, 0.4) is 0 Å². The first-order valence-corrected chi connectivity index (χ1v) is 5.08. The van der Waals surface area contributed by atoms with Crippen LogP contribution in [0.5, 0.6) is 0 Å². The molecule has 0 aliphatic heterocycles. The van der Waals surface area contributed by atoms with Gasteiger partial charge < -0.3 is 10.1 Å². The summed E-state index contributed by atoms with van der Waals surface area (Å²) in [7, 11) is 1.66. The normalized spacial score (nSPS) is 15.5. The second-order valence-corrected chi connectivity index (χ2v) is 3.78. The van der Waals surface area contributed by atoms with Gasteiger partial charge in [-0.25, -0.2) is 0 Å². The van der Waals surface area contributed by atoms with Gasteiger partial charge in [-0.3, -0.25) is 0 Å². The average molecular weight is 238 g/mol. The Kier molecular flexibility index (Phi) is 6.38.